The number of nitrogens with zero attached hydrogens (tertiary/aromatic N) is 3. The third kappa shape index (κ3) is 5.95. The SMILES string of the molecule is [N-]=[N+]=Nc1cccc(C[C@@H](O)C=C[C@@H]2[C@H]3CC(CCCCC(=O)O)=C[C@H]3C[C@H]2O)c1. The van der Waals surface area contributed by atoms with Crippen molar-refractivity contribution >= 4 is 11.7 Å². The van der Waals surface area contributed by atoms with Crippen LogP contribution in [0.15, 0.2) is 53.2 Å². The van der Waals surface area contributed by atoms with Crippen molar-refractivity contribution in [2.24, 2.45) is 22.9 Å². The molecule has 2 aliphatic rings. The van der Waals surface area contributed by atoms with E-state index in [1.54, 1.807) is 24.3 Å². The maximum atomic E-state index is 10.6. The van der Waals surface area contributed by atoms with E-state index in [4.69, 9.17) is 10.6 Å². The number of allylic oxidation sites excluding steroid dienone is 2. The van der Waals surface area contributed by atoms with Crippen LogP contribution in [0.3, 0.4) is 0 Å². The van der Waals surface area contributed by atoms with E-state index in [2.05, 4.69) is 16.1 Å². The fraction of sp³-hybridized carbons (Fsp3) is 0.522. The molecular weight excluding hydrogens is 382 g/mol. The second-order valence-electron chi connectivity index (χ2n) is 8.35. The lowest BCUT2D eigenvalue weighted by Crippen LogP contribution is -2.18. The van der Waals surface area contributed by atoms with E-state index in [1.165, 1.54) is 5.57 Å². The quantitative estimate of drug-likeness (QED) is 0.170. The molecule has 1 fully saturated rings. The molecule has 2 aliphatic carbocycles. The van der Waals surface area contributed by atoms with Gasteiger partial charge in [0.15, 0.2) is 0 Å². The van der Waals surface area contributed by atoms with Gasteiger partial charge >= 0.3 is 5.97 Å². The molecule has 7 nitrogen and oxygen atoms in total. The van der Waals surface area contributed by atoms with E-state index in [1.807, 2.05) is 12.1 Å². The number of hydrogen-bond acceptors (Lipinski definition) is 4. The highest BCUT2D eigenvalue weighted by molar-refractivity contribution is 5.66. The zero-order valence-corrected chi connectivity index (χ0v) is 17.0. The van der Waals surface area contributed by atoms with Gasteiger partial charge in [0.2, 0.25) is 0 Å². The fourth-order valence-electron chi connectivity index (χ4n) is 4.78. The molecule has 0 amide bonds. The van der Waals surface area contributed by atoms with Gasteiger partial charge < -0.3 is 15.3 Å². The molecule has 0 radical (unpaired) electrons. The summed E-state index contributed by atoms with van der Waals surface area (Å²) in [6, 6.07) is 7.15. The first-order valence-electron chi connectivity index (χ1n) is 10.6. The van der Waals surface area contributed by atoms with Crippen LogP contribution < -0.4 is 0 Å². The first kappa shape index (κ1) is 22.1. The number of unbranched alkanes of at least 4 members (excludes halogenated alkanes) is 1. The summed E-state index contributed by atoms with van der Waals surface area (Å²) in [6.45, 7) is 0. The van der Waals surface area contributed by atoms with Gasteiger partial charge in [0.1, 0.15) is 0 Å². The normalized spacial score (nSPS) is 26.3. The number of aliphatic hydroxyl groups excluding tert-OH is 2. The van der Waals surface area contributed by atoms with E-state index in [-0.39, 0.29) is 12.3 Å². The summed E-state index contributed by atoms with van der Waals surface area (Å²) < 4.78 is 0. The predicted octanol–water partition coefficient (Wildman–Crippen LogP) is 4.68. The Bertz CT molecular complexity index is 860. The van der Waals surface area contributed by atoms with Crippen molar-refractivity contribution in [1.29, 1.82) is 0 Å². The van der Waals surface area contributed by atoms with Gasteiger partial charge in [-0.25, -0.2) is 0 Å². The van der Waals surface area contributed by atoms with Crippen molar-refractivity contribution < 1.29 is 20.1 Å². The molecule has 30 heavy (non-hydrogen) atoms. The number of aliphatic carboxylic acids is 1. The van der Waals surface area contributed by atoms with Gasteiger partial charge in [-0.15, -0.1) is 0 Å². The Balaban J connectivity index is 1.52. The van der Waals surface area contributed by atoms with E-state index >= 15 is 0 Å². The zero-order chi connectivity index (χ0) is 21.5. The summed E-state index contributed by atoms with van der Waals surface area (Å²) >= 11 is 0. The lowest BCUT2D eigenvalue weighted by Gasteiger charge is -2.19. The fourth-order valence-corrected chi connectivity index (χ4v) is 4.78. The molecule has 0 unspecified atom stereocenters. The van der Waals surface area contributed by atoms with Crippen LogP contribution in [-0.2, 0) is 11.2 Å². The van der Waals surface area contributed by atoms with E-state index in [9.17, 15) is 15.0 Å². The van der Waals surface area contributed by atoms with Gasteiger partial charge in [0.25, 0.3) is 0 Å². The summed E-state index contributed by atoms with van der Waals surface area (Å²) in [4.78, 5) is 13.4. The maximum absolute atomic E-state index is 10.6. The number of hydrogen-bond donors (Lipinski definition) is 3. The monoisotopic (exact) mass is 411 g/mol. The molecule has 1 saturated carbocycles. The molecule has 7 heteroatoms. The van der Waals surface area contributed by atoms with Crippen LogP contribution in [0.1, 0.15) is 44.1 Å². The number of rotatable bonds is 10. The molecule has 0 heterocycles. The van der Waals surface area contributed by atoms with Crippen LogP contribution in [-0.4, -0.2) is 33.5 Å². The van der Waals surface area contributed by atoms with Gasteiger partial charge in [-0.1, -0.05) is 47.1 Å². The first-order valence-corrected chi connectivity index (χ1v) is 10.6. The Morgan fingerprint density at radius 3 is 2.97 bits per heavy atom. The van der Waals surface area contributed by atoms with Crippen LogP contribution >= 0.6 is 0 Å². The number of carbonyl (C=O) groups is 1. The molecule has 0 spiro atoms. The second-order valence-corrected chi connectivity index (χ2v) is 8.35. The van der Waals surface area contributed by atoms with Crippen molar-refractivity contribution in [1.82, 2.24) is 0 Å². The smallest absolute Gasteiger partial charge is 0.303 e. The minimum atomic E-state index is -0.747. The van der Waals surface area contributed by atoms with Gasteiger partial charge in [-0.3, -0.25) is 4.79 Å². The van der Waals surface area contributed by atoms with Crippen molar-refractivity contribution in [2.45, 2.75) is 57.2 Å². The summed E-state index contributed by atoms with van der Waals surface area (Å²) in [5.74, 6) is -0.0105. The minimum Gasteiger partial charge on any atom is -0.481 e. The molecule has 3 N–H and O–H groups in total. The van der Waals surface area contributed by atoms with E-state index in [0.717, 1.165) is 31.2 Å². The Morgan fingerprint density at radius 1 is 1.37 bits per heavy atom. The number of azide groups is 1. The molecule has 0 aliphatic heterocycles. The number of fused-ring (bicyclic) bond motifs is 1. The number of benzene rings is 1. The van der Waals surface area contributed by atoms with Gasteiger partial charge in [0.05, 0.1) is 12.2 Å². The topological polar surface area (TPSA) is 127 Å². The molecule has 160 valence electrons. The molecular formula is C23H29N3O4. The Labute approximate surface area is 176 Å². The van der Waals surface area contributed by atoms with Crippen LogP contribution in [0.2, 0.25) is 0 Å². The Morgan fingerprint density at radius 2 is 2.20 bits per heavy atom. The van der Waals surface area contributed by atoms with Gasteiger partial charge in [0, 0.05) is 29.4 Å². The van der Waals surface area contributed by atoms with Gasteiger partial charge in [-0.2, -0.15) is 0 Å². The molecule has 0 saturated heterocycles. The number of carboxylic acid groups (broad SMARTS) is 1. The van der Waals surface area contributed by atoms with Gasteiger partial charge in [-0.05, 0) is 61.1 Å². The van der Waals surface area contributed by atoms with Crippen molar-refractivity contribution in [2.75, 3.05) is 0 Å². The average molecular weight is 412 g/mol. The Kier molecular flexibility index (Phi) is 7.69. The first-order chi connectivity index (χ1) is 14.5. The number of carboxylic acids is 1. The van der Waals surface area contributed by atoms with E-state index < -0.39 is 18.2 Å². The van der Waals surface area contributed by atoms with Crippen molar-refractivity contribution in [3.63, 3.8) is 0 Å². The highest BCUT2D eigenvalue weighted by atomic mass is 16.4. The minimum absolute atomic E-state index is 0.0203. The summed E-state index contributed by atoms with van der Waals surface area (Å²) in [7, 11) is 0. The highest BCUT2D eigenvalue weighted by Crippen LogP contribution is 2.48. The second kappa shape index (κ2) is 10.4. The highest BCUT2D eigenvalue weighted by Gasteiger charge is 2.43. The molecule has 5 atom stereocenters. The largest absolute Gasteiger partial charge is 0.481 e. The lowest BCUT2D eigenvalue weighted by atomic mass is 9.88. The van der Waals surface area contributed by atoms with Crippen molar-refractivity contribution in [3.05, 3.63) is 64.1 Å². The van der Waals surface area contributed by atoms with E-state index in [0.29, 0.717) is 30.4 Å². The standard InChI is InChI=1S/C23H29N3O4/c24-26-25-18-6-3-5-16(11-18)12-19(27)8-9-20-21-13-15(4-1-2-7-23(29)30)10-17(21)14-22(20)28/h3,5-6,8-11,17,19-22,27-28H,1-2,4,7,12-14H2,(H,29,30)/t17-,19-,20+,21-,22+/m0/s1. The third-order valence-corrected chi connectivity index (χ3v) is 6.16. The Hall–Kier alpha value is -2.60. The summed E-state index contributed by atoms with van der Waals surface area (Å²) in [5, 5.41) is 33.2. The lowest BCUT2D eigenvalue weighted by molar-refractivity contribution is -0.137. The molecule has 1 aromatic carbocycles. The summed E-state index contributed by atoms with van der Waals surface area (Å²) in [6.07, 6.45) is 9.73. The van der Waals surface area contributed by atoms with Crippen LogP contribution in [0.4, 0.5) is 5.69 Å². The average Bonchev–Trinajstić information content (AvgIpc) is 3.20. The zero-order valence-electron chi connectivity index (χ0n) is 17.0. The van der Waals surface area contributed by atoms with Crippen molar-refractivity contribution in [3.8, 4) is 0 Å². The van der Waals surface area contributed by atoms with Crippen LogP contribution in [0, 0.1) is 17.8 Å². The molecule has 3 rings (SSSR count). The van der Waals surface area contributed by atoms with Crippen LogP contribution in [0.25, 0.3) is 10.4 Å². The molecule has 1 aromatic rings. The summed E-state index contributed by atoms with van der Waals surface area (Å²) in [5.41, 5.74) is 11.3. The molecule has 0 bridgehead atoms. The molecule has 0 aromatic heterocycles. The predicted molar refractivity (Wildman–Crippen MR) is 114 cm³/mol. The maximum Gasteiger partial charge on any atom is 0.303 e. The third-order valence-electron chi connectivity index (χ3n) is 6.16. The van der Waals surface area contributed by atoms with Crippen LogP contribution in [0.5, 0.6) is 0 Å². The number of aliphatic hydroxyl groups is 2.